The Kier molecular flexibility index (Phi) is 7.88. The molecule has 1 aromatic heterocycles. The van der Waals surface area contributed by atoms with Gasteiger partial charge in [0.25, 0.3) is 6.72 Å². The summed E-state index contributed by atoms with van der Waals surface area (Å²) in [5, 5.41) is 2.30. The lowest BCUT2D eigenvalue weighted by Gasteiger charge is -2.16. The van der Waals surface area contributed by atoms with Crippen molar-refractivity contribution >= 4 is 30.8 Å². The van der Waals surface area contributed by atoms with Gasteiger partial charge in [0.15, 0.2) is 18.1 Å². The van der Waals surface area contributed by atoms with Gasteiger partial charge in [0.1, 0.15) is 6.04 Å². The van der Waals surface area contributed by atoms with E-state index in [0.29, 0.717) is 0 Å². The van der Waals surface area contributed by atoms with Crippen LogP contribution in [0.4, 0.5) is 4.79 Å². The molecule has 0 bridgehead atoms. The van der Waals surface area contributed by atoms with Crippen LogP contribution in [0.2, 0.25) is 0 Å². The van der Waals surface area contributed by atoms with Crippen LogP contribution in [0.25, 0.3) is 0 Å². The Balaban J connectivity index is 2.62. The molecule has 0 fully saturated rings. The molecule has 0 spiro atoms. The molecule has 25 heavy (non-hydrogen) atoms. The molecule has 0 radical (unpaired) electrons. The summed E-state index contributed by atoms with van der Waals surface area (Å²) in [6, 6.07) is -1.08. The van der Waals surface area contributed by atoms with Gasteiger partial charge >= 0.3 is 24.1 Å². The number of ketones is 1. The van der Waals surface area contributed by atoms with Crippen LogP contribution in [-0.2, 0) is 25.7 Å². The number of hydrogen-bond donors (Lipinski definition) is 1. The summed E-state index contributed by atoms with van der Waals surface area (Å²) in [5.41, 5.74) is 0. The molecule has 1 rings (SSSR count). The van der Waals surface area contributed by atoms with E-state index in [1.165, 1.54) is 6.92 Å². The average Bonchev–Trinajstić information content (AvgIpc) is 2.87. The number of Topliss-reactive ketones (excluding diaryl/α,β-unsaturated/α-hetero) is 1. The lowest BCUT2D eigenvalue weighted by Crippen LogP contribution is -2.42. The van der Waals surface area contributed by atoms with Gasteiger partial charge in [0.05, 0.1) is 6.61 Å². The number of carbonyl (C=O) groups excluding carboxylic acids is 3. The third-order valence-corrected chi connectivity index (χ3v) is 2.95. The topological polar surface area (TPSA) is 139 Å². The number of amides is 1. The minimum atomic E-state index is -1.08. The number of nitrogens with zero attached hydrogens (tertiary/aromatic N) is 1. The van der Waals surface area contributed by atoms with E-state index in [0.717, 1.165) is 6.21 Å². The predicted octanol–water partition coefficient (Wildman–Crippen LogP) is -0.113. The highest BCUT2D eigenvalue weighted by Crippen LogP contribution is 2.07. The second kappa shape index (κ2) is 9.89. The first-order chi connectivity index (χ1) is 11.9. The summed E-state index contributed by atoms with van der Waals surface area (Å²) in [7, 11) is 0. The zero-order chi connectivity index (χ0) is 18.8. The van der Waals surface area contributed by atoms with Crippen molar-refractivity contribution in [1.29, 1.82) is 0 Å². The Bertz CT molecular complexity index is 726. The number of alkyl carbamates (subject to hydrolysis) is 1. The van der Waals surface area contributed by atoms with Gasteiger partial charge in [0.2, 0.25) is 5.78 Å². The van der Waals surface area contributed by atoms with Crippen LogP contribution in [0.5, 0.6) is 0 Å². The minimum Gasteiger partial charge on any atom is -0.464 e. The van der Waals surface area contributed by atoms with Crippen molar-refractivity contribution in [2.45, 2.75) is 39.3 Å². The van der Waals surface area contributed by atoms with Crippen molar-refractivity contribution < 1.29 is 32.7 Å². The highest BCUT2D eigenvalue weighted by molar-refractivity contribution is 6.27. The normalized spacial score (nSPS) is 11.1. The van der Waals surface area contributed by atoms with Gasteiger partial charge in [-0.15, -0.1) is 4.67 Å². The van der Waals surface area contributed by atoms with Crippen LogP contribution >= 0.6 is 0 Å². The van der Waals surface area contributed by atoms with Gasteiger partial charge in [-0.2, -0.15) is 0 Å². The van der Waals surface area contributed by atoms with Crippen molar-refractivity contribution in [2.24, 2.45) is 0 Å². The zero-order valence-electron chi connectivity index (χ0n) is 13.9. The van der Waals surface area contributed by atoms with E-state index in [1.54, 1.807) is 6.92 Å². The van der Waals surface area contributed by atoms with Crippen molar-refractivity contribution in [2.75, 3.05) is 6.61 Å². The van der Waals surface area contributed by atoms with Gasteiger partial charge in [-0.1, -0.05) is 0 Å². The van der Waals surface area contributed by atoms with E-state index in [4.69, 9.17) is 9.47 Å². The lowest BCUT2D eigenvalue weighted by atomic mass is 10.1. The fourth-order valence-electron chi connectivity index (χ4n) is 1.77. The fraction of sp³-hybridized carbons (Fsp3) is 0.467. The van der Waals surface area contributed by atoms with Gasteiger partial charge in [-0.25, -0.2) is 14.4 Å². The Hall–Kier alpha value is -3.13. The summed E-state index contributed by atoms with van der Waals surface area (Å²) in [6.45, 7) is 5.99. The van der Waals surface area contributed by atoms with Crippen molar-refractivity contribution in [3.8, 4) is 0 Å². The first-order valence-electron chi connectivity index (χ1n) is 7.38. The maximum atomic E-state index is 11.9. The Labute approximate surface area is 142 Å². The SMILES string of the molecule is C=[N+]=CC(=O)CC[C@H](NC(=O)OCc1oc(=O)oc1C)C(=O)OCC. The molecule has 10 heteroatoms. The third-order valence-electron chi connectivity index (χ3n) is 2.95. The molecule has 0 aliphatic carbocycles. The molecule has 0 unspecified atom stereocenters. The summed E-state index contributed by atoms with van der Waals surface area (Å²) in [5.74, 6) is -1.74. The summed E-state index contributed by atoms with van der Waals surface area (Å²) >= 11 is 0. The Morgan fingerprint density at radius 3 is 2.60 bits per heavy atom. The van der Waals surface area contributed by atoms with Crippen LogP contribution < -0.4 is 15.8 Å². The summed E-state index contributed by atoms with van der Waals surface area (Å²) < 4.78 is 22.3. The molecule has 1 amide bonds. The first kappa shape index (κ1) is 19.9. The number of ether oxygens (including phenoxy) is 2. The molecule has 0 saturated carbocycles. The molecule has 136 valence electrons. The number of nitrogens with one attached hydrogen (secondary N) is 1. The molecule has 1 aromatic rings. The zero-order valence-corrected chi connectivity index (χ0v) is 13.9. The standard InChI is InChI=1S/C15H18N2O8/c1-4-22-13(19)11(6-5-10(18)7-16-3)17-14(20)23-8-12-9(2)24-15(21)25-12/h7,11H,3-6,8H2,1-2H3/p+1/t11-/m0/s1. The van der Waals surface area contributed by atoms with Crippen LogP contribution in [-0.4, -0.2) is 43.4 Å². The van der Waals surface area contributed by atoms with Crippen molar-refractivity contribution in [1.82, 2.24) is 9.98 Å². The molecular formula is C15H19N2O8+. The van der Waals surface area contributed by atoms with E-state index < -0.39 is 23.9 Å². The Morgan fingerprint density at radius 2 is 2.04 bits per heavy atom. The van der Waals surface area contributed by atoms with Crippen molar-refractivity contribution in [3.05, 3.63) is 22.1 Å². The number of hydrogen-bond acceptors (Lipinski definition) is 8. The van der Waals surface area contributed by atoms with E-state index in [2.05, 4.69) is 25.5 Å². The maximum Gasteiger partial charge on any atom is 0.519 e. The second-order valence-corrected chi connectivity index (χ2v) is 4.78. The molecule has 0 aromatic carbocycles. The van der Waals surface area contributed by atoms with Crippen molar-refractivity contribution in [3.63, 3.8) is 0 Å². The number of carbonyl (C=O) groups is 3. The maximum absolute atomic E-state index is 11.9. The van der Waals surface area contributed by atoms with Gasteiger partial charge < -0.3 is 23.6 Å². The molecule has 0 aliphatic heterocycles. The quantitative estimate of drug-likeness (QED) is 0.367. The average molecular weight is 355 g/mol. The third kappa shape index (κ3) is 6.88. The largest absolute Gasteiger partial charge is 0.519 e. The van der Waals surface area contributed by atoms with Crippen LogP contribution in [0.1, 0.15) is 31.3 Å². The highest BCUT2D eigenvalue weighted by atomic mass is 16.6. The van der Waals surface area contributed by atoms with Crippen LogP contribution in [0.15, 0.2) is 13.6 Å². The highest BCUT2D eigenvalue weighted by Gasteiger charge is 2.24. The fourth-order valence-corrected chi connectivity index (χ4v) is 1.77. The number of aryl methyl sites for hydroxylation is 1. The first-order valence-corrected chi connectivity index (χ1v) is 7.38. The van der Waals surface area contributed by atoms with E-state index in [9.17, 15) is 19.2 Å². The predicted molar refractivity (Wildman–Crippen MR) is 85.3 cm³/mol. The number of rotatable bonds is 9. The molecule has 1 heterocycles. The van der Waals surface area contributed by atoms with Gasteiger partial charge in [0, 0.05) is 6.42 Å². The molecule has 0 aliphatic rings. The molecule has 10 nitrogen and oxygen atoms in total. The lowest BCUT2D eigenvalue weighted by molar-refractivity contribution is -0.145. The smallest absolute Gasteiger partial charge is 0.464 e. The minimum absolute atomic E-state index is 0.00138. The summed E-state index contributed by atoms with van der Waals surface area (Å²) in [4.78, 5) is 46.0. The van der Waals surface area contributed by atoms with E-state index in [-0.39, 0.29) is 43.4 Å². The van der Waals surface area contributed by atoms with E-state index in [1.807, 2.05) is 0 Å². The second-order valence-electron chi connectivity index (χ2n) is 4.78. The van der Waals surface area contributed by atoms with Gasteiger partial charge in [-0.05, 0) is 20.3 Å². The van der Waals surface area contributed by atoms with E-state index >= 15 is 0 Å². The monoisotopic (exact) mass is 355 g/mol. The molecule has 1 atom stereocenters. The number of esters is 1. The van der Waals surface area contributed by atoms with Gasteiger partial charge in [-0.3, -0.25) is 4.79 Å². The van der Waals surface area contributed by atoms with Crippen LogP contribution in [0.3, 0.4) is 0 Å². The summed E-state index contributed by atoms with van der Waals surface area (Å²) in [6.07, 6.45) is 0.0287. The van der Waals surface area contributed by atoms with Crippen LogP contribution in [0, 0.1) is 6.92 Å². The molecule has 0 saturated heterocycles. The Morgan fingerprint density at radius 1 is 1.32 bits per heavy atom. The molecular weight excluding hydrogens is 336 g/mol. The molecule has 1 N–H and O–H groups in total.